The number of urea groups is 1. The summed E-state index contributed by atoms with van der Waals surface area (Å²) in [6.45, 7) is 5.27. The molecule has 0 fully saturated rings. The van der Waals surface area contributed by atoms with E-state index in [0.717, 1.165) is 0 Å². The van der Waals surface area contributed by atoms with Crippen molar-refractivity contribution in [1.82, 2.24) is 10.6 Å². The van der Waals surface area contributed by atoms with Crippen molar-refractivity contribution in [3.8, 4) is 0 Å². The summed E-state index contributed by atoms with van der Waals surface area (Å²) in [6.07, 6.45) is 0.705. The van der Waals surface area contributed by atoms with Crippen molar-refractivity contribution < 1.29 is 9.90 Å². The van der Waals surface area contributed by atoms with E-state index in [1.54, 1.807) is 20.9 Å². The molecular weight excluding hydrogens is 156 g/mol. The molecule has 1 unspecified atom stereocenters. The van der Waals surface area contributed by atoms with E-state index in [1.807, 2.05) is 6.92 Å². The van der Waals surface area contributed by atoms with E-state index < -0.39 is 5.60 Å². The van der Waals surface area contributed by atoms with Gasteiger partial charge in [0, 0.05) is 7.05 Å². The van der Waals surface area contributed by atoms with Gasteiger partial charge in [0.15, 0.2) is 0 Å². The monoisotopic (exact) mass is 174 g/mol. The molecule has 0 aromatic carbocycles. The van der Waals surface area contributed by atoms with E-state index in [-0.39, 0.29) is 12.1 Å². The van der Waals surface area contributed by atoms with E-state index in [1.165, 1.54) is 0 Å². The van der Waals surface area contributed by atoms with Crippen LogP contribution in [0.25, 0.3) is 0 Å². The van der Waals surface area contributed by atoms with Gasteiger partial charge < -0.3 is 15.7 Å². The lowest BCUT2D eigenvalue weighted by Crippen LogP contribution is -2.51. The molecule has 0 saturated heterocycles. The molecule has 0 aliphatic rings. The third-order valence-corrected chi connectivity index (χ3v) is 1.79. The van der Waals surface area contributed by atoms with Crippen LogP contribution < -0.4 is 10.6 Å². The zero-order chi connectivity index (χ0) is 9.78. The van der Waals surface area contributed by atoms with Gasteiger partial charge in [0.25, 0.3) is 0 Å². The molecule has 3 N–H and O–H groups in total. The summed E-state index contributed by atoms with van der Waals surface area (Å²) < 4.78 is 0. The van der Waals surface area contributed by atoms with Crippen molar-refractivity contribution in [1.29, 1.82) is 0 Å². The molecule has 0 spiro atoms. The number of amides is 2. The van der Waals surface area contributed by atoms with Crippen molar-refractivity contribution in [2.24, 2.45) is 0 Å². The summed E-state index contributed by atoms with van der Waals surface area (Å²) in [7, 11) is 1.55. The Kier molecular flexibility index (Phi) is 4.03. The Morgan fingerprint density at radius 1 is 1.58 bits per heavy atom. The number of carbonyl (C=O) groups excluding carboxylic acids is 1. The average Bonchev–Trinajstić information content (AvgIpc) is 1.97. The maximum atomic E-state index is 10.9. The quantitative estimate of drug-likeness (QED) is 0.582. The zero-order valence-electron chi connectivity index (χ0n) is 8.14. The van der Waals surface area contributed by atoms with Gasteiger partial charge in [-0.25, -0.2) is 4.79 Å². The Balaban J connectivity index is 4.09. The molecule has 4 heteroatoms. The van der Waals surface area contributed by atoms with Crippen LogP contribution in [-0.4, -0.2) is 29.8 Å². The minimum absolute atomic E-state index is 0.211. The SMILES string of the molecule is CCC(NC(=O)NC)C(C)(C)O. The van der Waals surface area contributed by atoms with Crippen LogP contribution in [0, 0.1) is 0 Å². The predicted octanol–water partition coefficient (Wildman–Crippen LogP) is 0.465. The fourth-order valence-electron chi connectivity index (χ4n) is 1.01. The lowest BCUT2D eigenvalue weighted by Gasteiger charge is -2.28. The number of hydrogen-bond acceptors (Lipinski definition) is 2. The van der Waals surface area contributed by atoms with Crippen molar-refractivity contribution in [3.63, 3.8) is 0 Å². The van der Waals surface area contributed by atoms with Crippen molar-refractivity contribution in [2.75, 3.05) is 7.05 Å². The van der Waals surface area contributed by atoms with Gasteiger partial charge in [0.1, 0.15) is 0 Å². The number of hydrogen-bond donors (Lipinski definition) is 3. The summed E-state index contributed by atoms with van der Waals surface area (Å²) in [6, 6.07) is -0.471. The maximum Gasteiger partial charge on any atom is 0.314 e. The van der Waals surface area contributed by atoms with E-state index in [9.17, 15) is 9.90 Å². The maximum absolute atomic E-state index is 10.9. The van der Waals surface area contributed by atoms with Gasteiger partial charge in [0.2, 0.25) is 0 Å². The third kappa shape index (κ3) is 3.57. The van der Waals surface area contributed by atoms with Crippen LogP contribution in [0.2, 0.25) is 0 Å². The largest absolute Gasteiger partial charge is 0.388 e. The molecule has 0 aromatic heterocycles. The summed E-state index contributed by atoms with van der Waals surface area (Å²) in [4.78, 5) is 10.9. The van der Waals surface area contributed by atoms with Crippen molar-refractivity contribution >= 4 is 6.03 Å². The summed E-state index contributed by atoms with van der Waals surface area (Å²) in [5.41, 5.74) is -0.874. The Labute approximate surface area is 73.3 Å². The normalized spacial score (nSPS) is 13.8. The average molecular weight is 174 g/mol. The molecule has 0 bridgehead atoms. The van der Waals surface area contributed by atoms with Crippen LogP contribution in [0.15, 0.2) is 0 Å². The first-order valence-corrected chi connectivity index (χ1v) is 4.12. The van der Waals surface area contributed by atoms with E-state index in [2.05, 4.69) is 10.6 Å². The van der Waals surface area contributed by atoms with Gasteiger partial charge in [-0.2, -0.15) is 0 Å². The molecular formula is C8H18N2O2. The second-order valence-electron chi connectivity index (χ2n) is 3.34. The van der Waals surface area contributed by atoms with Crippen molar-refractivity contribution in [3.05, 3.63) is 0 Å². The van der Waals surface area contributed by atoms with Gasteiger partial charge in [0.05, 0.1) is 11.6 Å². The molecule has 0 aromatic rings. The van der Waals surface area contributed by atoms with Gasteiger partial charge in [-0.05, 0) is 20.3 Å². The minimum Gasteiger partial charge on any atom is -0.388 e. The smallest absolute Gasteiger partial charge is 0.314 e. The predicted molar refractivity (Wildman–Crippen MR) is 48.0 cm³/mol. The number of carbonyl (C=O) groups is 1. The second kappa shape index (κ2) is 4.30. The Hall–Kier alpha value is -0.770. The molecule has 0 saturated carbocycles. The Bertz CT molecular complexity index is 152. The number of rotatable bonds is 3. The molecule has 0 aliphatic carbocycles. The number of aliphatic hydroxyl groups is 1. The standard InChI is InChI=1S/C8H18N2O2/c1-5-6(8(2,3)12)10-7(11)9-4/h6,12H,5H2,1-4H3,(H2,9,10,11). The third-order valence-electron chi connectivity index (χ3n) is 1.79. The first-order valence-electron chi connectivity index (χ1n) is 4.12. The number of nitrogens with one attached hydrogen (secondary N) is 2. The van der Waals surface area contributed by atoms with Crippen LogP contribution in [0.5, 0.6) is 0 Å². The first-order chi connectivity index (χ1) is 5.41. The van der Waals surface area contributed by atoms with Gasteiger partial charge in [-0.3, -0.25) is 0 Å². The summed E-state index contributed by atoms with van der Waals surface area (Å²) >= 11 is 0. The van der Waals surface area contributed by atoms with Crippen LogP contribution in [0.1, 0.15) is 27.2 Å². The lowest BCUT2D eigenvalue weighted by molar-refractivity contribution is 0.0400. The highest BCUT2D eigenvalue weighted by Crippen LogP contribution is 2.10. The highest BCUT2D eigenvalue weighted by Gasteiger charge is 2.25. The van der Waals surface area contributed by atoms with E-state index in [4.69, 9.17) is 0 Å². The van der Waals surface area contributed by atoms with Crippen LogP contribution in [0.3, 0.4) is 0 Å². The lowest BCUT2D eigenvalue weighted by atomic mass is 9.97. The second-order valence-corrected chi connectivity index (χ2v) is 3.34. The summed E-state index contributed by atoms with van der Waals surface area (Å²) in [5.74, 6) is 0. The first kappa shape index (κ1) is 11.2. The molecule has 0 aliphatic heterocycles. The Morgan fingerprint density at radius 3 is 2.33 bits per heavy atom. The fraction of sp³-hybridized carbons (Fsp3) is 0.875. The van der Waals surface area contributed by atoms with Crippen molar-refractivity contribution in [2.45, 2.75) is 38.8 Å². The highest BCUT2D eigenvalue weighted by atomic mass is 16.3. The van der Waals surface area contributed by atoms with E-state index >= 15 is 0 Å². The molecule has 72 valence electrons. The Morgan fingerprint density at radius 2 is 2.08 bits per heavy atom. The van der Waals surface area contributed by atoms with Crippen LogP contribution >= 0.6 is 0 Å². The molecule has 0 heterocycles. The molecule has 12 heavy (non-hydrogen) atoms. The molecule has 0 rings (SSSR count). The molecule has 4 nitrogen and oxygen atoms in total. The molecule has 1 atom stereocenters. The minimum atomic E-state index is -0.874. The topological polar surface area (TPSA) is 61.4 Å². The van der Waals surface area contributed by atoms with Gasteiger partial charge in [-0.1, -0.05) is 6.92 Å². The van der Waals surface area contributed by atoms with Gasteiger partial charge in [-0.15, -0.1) is 0 Å². The van der Waals surface area contributed by atoms with Crippen LogP contribution in [-0.2, 0) is 0 Å². The fourth-order valence-corrected chi connectivity index (χ4v) is 1.01. The van der Waals surface area contributed by atoms with Crippen LogP contribution in [0.4, 0.5) is 4.79 Å². The summed E-state index contributed by atoms with van der Waals surface area (Å²) in [5, 5.41) is 14.7. The van der Waals surface area contributed by atoms with E-state index in [0.29, 0.717) is 6.42 Å². The zero-order valence-corrected chi connectivity index (χ0v) is 8.14. The highest BCUT2D eigenvalue weighted by molar-refractivity contribution is 5.73. The molecule has 2 amide bonds. The molecule has 0 radical (unpaired) electrons. The van der Waals surface area contributed by atoms with Gasteiger partial charge >= 0.3 is 6.03 Å².